The number of phenols is 1. The maximum atomic E-state index is 10.3. The maximum Gasteiger partial charge on any atom is 1.00 e. The van der Waals surface area contributed by atoms with Crippen LogP contribution in [0.3, 0.4) is 0 Å². The number of carboxylic acid groups (broad SMARTS) is 1. The van der Waals surface area contributed by atoms with Gasteiger partial charge in [0, 0.05) is 5.56 Å². The van der Waals surface area contributed by atoms with E-state index in [-0.39, 0.29) is 62.7 Å². The van der Waals surface area contributed by atoms with E-state index >= 15 is 0 Å². The average molecular weight is 190 g/mol. The Morgan fingerprint density at radius 3 is 2.50 bits per heavy atom. The molecule has 1 aromatic carbocycles. The van der Waals surface area contributed by atoms with Crippen LogP contribution in [0.5, 0.6) is 5.75 Å². The molecular formula is C8H7KO3. The minimum Gasteiger partial charge on any atom is -0.545 e. The first-order chi connectivity index (χ1) is 5.11. The molecule has 0 aliphatic rings. The number of hydrogen-bond acceptors (Lipinski definition) is 3. The molecule has 0 fully saturated rings. The topological polar surface area (TPSA) is 60.4 Å². The van der Waals surface area contributed by atoms with Gasteiger partial charge < -0.3 is 15.0 Å². The van der Waals surface area contributed by atoms with Crippen molar-refractivity contribution in [2.75, 3.05) is 0 Å². The van der Waals surface area contributed by atoms with Crippen molar-refractivity contribution < 1.29 is 66.4 Å². The molecule has 3 nitrogen and oxygen atoms in total. The molecule has 0 aromatic heterocycles. The fourth-order valence-electron chi connectivity index (χ4n) is 0.877. The van der Waals surface area contributed by atoms with Gasteiger partial charge in [0.1, 0.15) is 5.75 Å². The van der Waals surface area contributed by atoms with Crippen molar-refractivity contribution >= 4 is 5.97 Å². The van der Waals surface area contributed by atoms with E-state index in [1.54, 1.807) is 6.92 Å². The molecule has 12 heavy (non-hydrogen) atoms. The van der Waals surface area contributed by atoms with Crippen molar-refractivity contribution in [3.05, 3.63) is 29.3 Å². The first-order valence-electron chi connectivity index (χ1n) is 3.12. The molecule has 4 heteroatoms. The molecule has 58 valence electrons. The zero-order valence-electron chi connectivity index (χ0n) is 7.00. The van der Waals surface area contributed by atoms with Gasteiger partial charge >= 0.3 is 51.4 Å². The van der Waals surface area contributed by atoms with Crippen molar-refractivity contribution in [2.24, 2.45) is 0 Å². The molecule has 0 aliphatic carbocycles. The van der Waals surface area contributed by atoms with Crippen LogP contribution in [0.1, 0.15) is 15.9 Å². The minimum absolute atomic E-state index is 0. The second-order valence-electron chi connectivity index (χ2n) is 2.29. The average Bonchev–Trinajstić information content (AvgIpc) is 1.85. The van der Waals surface area contributed by atoms with E-state index in [0.717, 1.165) is 0 Å². The van der Waals surface area contributed by atoms with Crippen molar-refractivity contribution in [1.82, 2.24) is 0 Å². The quantitative estimate of drug-likeness (QED) is 0.482. The number of benzene rings is 1. The van der Waals surface area contributed by atoms with Crippen LogP contribution in [-0.2, 0) is 0 Å². The summed E-state index contributed by atoms with van der Waals surface area (Å²) < 4.78 is 0. The molecule has 1 rings (SSSR count). The van der Waals surface area contributed by atoms with Gasteiger partial charge in [0.25, 0.3) is 0 Å². The Hall–Kier alpha value is 0.126. The summed E-state index contributed by atoms with van der Waals surface area (Å²) in [5.74, 6) is -1.16. The number of carboxylic acids is 1. The number of aromatic carboxylic acids is 1. The van der Waals surface area contributed by atoms with Gasteiger partial charge in [0.15, 0.2) is 0 Å². The Labute approximate surface area is 113 Å². The van der Waals surface area contributed by atoms with Crippen LogP contribution in [-0.4, -0.2) is 11.1 Å². The predicted molar refractivity (Wildman–Crippen MR) is 37.2 cm³/mol. The zero-order valence-corrected chi connectivity index (χ0v) is 10.1. The van der Waals surface area contributed by atoms with Crippen LogP contribution in [0.2, 0.25) is 0 Å². The Kier molecular flexibility index (Phi) is 5.04. The summed E-state index contributed by atoms with van der Waals surface area (Å²) in [6, 6.07) is 4.02. The molecule has 0 heterocycles. The Balaban J connectivity index is 0.00000121. The molecule has 0 atom stereocenters. The van der Waals surface area contributed by atoms with E-state index in [0.29, 0.717) is 5.56 Å². The van der Waals surface area contributed by atoms with Crippen LogP contribution in [0.25, 0.3) is 0 Å². The number of rotatable bonds is 1. The number of aryl methyl sites for hydroxylation is 1. The molecule has 0 saturated heterocycles. The predicted octanol–water partition coefficient (Wildman–Crippen LogP) is -2.93. The smallest absolute Gasteiger partial charge is 0.545 e. The Morgan fingerprint density at radius 2 is 2.08 bits per heavy atom. The van der Waals surface area contributed by atoms with Crippen LogP contribution >= 0.6 is 0 Å². The molecule has 1 N–H and O–H groups in total. The number of hydrogen-bond donors (Lipinski definition) is 1. The molecule has 0 aliphatic heterocycles. The van der Waals surface area contributed by atoms with Gasteiger partial charge in [-0.25, -0.2) is 0 Å². The van der Waals surface area contributed by atoms with Gasteiger partial charge in [-0.15, -0.1) is 0 Å². The van der Waals surface area contributed by atoms with Gasteiger partial charge in [-0.2, -0.15) is 0 Å². The molecule has 0 amide bonds. The summed E-state index contributed by atoms with van der Waals surface area (Å²) in [5, 5.41) is 19.2. The van der Waals surface area contributed by atoms with Gasteiger partial charge in [-0.1, -0.05) is 0 Å². The third kappa shape index (κ3) is 2.88. The summed E-state index contributed by atoms with van der Waals surface area (Å²) in [7, 11) is 0. The van der Waals surface area contributed by atoms with Gasteiger partial charge in [-0.05, 0) is 30.7 Å². The van der Waals surface area contributed by atoms with Crippen molar-refractivity contribution in [3.8, 4) is 5.75 Å². The van der Waals surface area contributed by atoms with E-state index in [4.69, 9.17) is 5.11 Å². The first-order valence-corrected chi connectivity index (χ1v) is 3.12. The summed E-state index contributed by atoms with van der Waals surface area (Å²) in [6.45, 7) is 1.60. The van der Waals surface area contributed by atoms with Crippen molar-refractivity contribution in [3.63, 3.8) is 0 Å². The zero-order chi connectivity index (χ0) is 8.43. The second kappa shape index (κ2) is 4.99. The van der Waals surface area contributed by atoms with Crippen LogP contribution in [0.15, 0.2) is 18.2 Å². The molecule has 0 spiro atoms. The fraction of sp³-hybridized carbons (Fsp3) is 0.125. The molecule has 0 radical (unpaired) electrons. The Bertz CT molecular complexity index is 296. The van der Waals surface area contributed by atoms with E-state index in [2.05, 4.69) is 0 Å². The third-order valence-electron chi connectivity index (χ3n) is 1.43. The Morgan fingerprint density at radius 1 is 1.50 bits per heavy atom. The number of carbonyl (C=O) groups is 1. The van der Waals surface area contributed by atoms with E-state index in [1.807, 2.05) is 0 Å². The molecule has 0 saturated carbocycles. The van der Waals surface area contributed by atoms with Crippen molar-refractivity contribution in [1.29, 1.82) is 0 Å². The molecule has 0 unspecified atom stereocenters. The van der Waals surface area contributed by atoms with Crippen LogP contribution in [0, 0.1) is 6.92 Å². The number of carbonyl (C=O) groups excluding carboxylic acids is 1. The monoisotopic (exact) mass is 190 g/mol. The SMILES string of the molecule is Cc1cc(O)ccc1C(=O)[O-].[K+]. The fourth-order valence-corrected chi connectivity index (χ4v) is 0.877. The van der Waals surface area contributed by atoms with Gasteiger partial charge in [-0.3, -0.25) is 0 Å². The summed E-state index contributed by atoms with van der Waals surface area (Å²) in [6.07, 6.45) is 0. The number of aromatic hydroxyl groups is 1. The normalized spacial score (nSPS) is 8.75. The standard InChI is InChI=1S/C8H8O3.K/c1-5-4-6(9)2-3-7(5)8(10)11;/h2-4,9H,1H3,(H,10,11);/q;+1/p-1. The molecular weight excluding hydrogens is 183 g/mol. The van der Waals surface area contributed by atoms with Crippen LogP contribution in [0.4, 0.5) is 0 Å². The summed E-state index contributed by atoms with van der Waals surface area (Å²) in [5.41, 5.74) is 0.618. The minimum atomic E-state index is -1.22. The van der Waals surface area contributed by atoms with Gasteiger partial charge in [0.05, 0.1) is 5.97 Å². The summed E-state index contributed by atoms with van der Waals surface area (Å²) >= 11 is 0. The van der Waals surface area contributed by atoms with Crippen LogP contribution < -0.4 is 56.5 Å². The van der Waals surface area contributed by atoms with E-state index in [9.17, 15) is 9.90 Å². The molecule has 1 aromatic rings. The van der Waals surface area contributed by atoms with Crippen molar-refractivity contribution in [2.45, 2.75) is 6.92 Å². The maximum absolute atomic E-state index is 10.3. The first kappa shape index (κ1) is 12.1. The summed E-state index contributed by atoms with van der Waals surface area (Å²) in [4.78, 5) is 10.3. The number of phenolic OH excluding ortho intramolecular Hbond substituents is 1. The van der Waals surface area contributed by atoms with Gasteiger partial charge in [0.2, 0.25) is 0 Å². The molecule has 0 bridgehead atoms. The van der Waals surface area contributed by atoms with E-state index < -0.39 is 5.97 Å². The third-order valence-corrected chi connectivity index (χ3v) is 1.43. The largest absolute Gasteiger partial charge is 1.00 e. The van der Waals surface area contributed by atoms with E-state index in [1.165, 1.54) is 18.2 Å². The second-order valence-corrected chi connectivity index (χ2v) is 2.29.